The third kappa shape index (κ3) is 3.28. The van der Waals surface area contributed by atoms with Gasteiger partial charge in [0.2, 0.25) is 11.8 Å². The number of nitrogens with zero attached hydrogens (tertiary/aromatic N) is 4. The van der Waals surface area contributed by atoms with E-state index in [0.29, 0.717) is 37.3 Å². The number of fused-ring (bicyclic) bond motifs is 2. The van der Waals surface area contributed by atoms with Crippen LogP contribution in [0.5, 0.6) is 0 Å². The lowest BCUT2D eigenvalue weighted by Crippen LogP contribution is -2.53. The summed E-state index contributed by atoms with van der Waals surface area (Å²) >= 11 is 0. The van der Waals surface area contributed by atoms with Crippen LogP contribution in [0.25, 0.3) is 0 Å². The normalized spacial score (nSPS) is 22.9. The highest BCUT2D eigenvalue weighted by molar-refractivity contribution is 6.12. The Hall–Kier alpha value is -2.41. The van der Waals surface area contributed by atoms with E-state index in [4.69, 9.17) is 0 Å². The Morgan fingerprint density at radius 2 is 1.86 bits per heavy atom. The first-order valence-corrected chi connectivity index (χ1v) is 10.2. The van der Waals surface area contributed by atoms with Crippen LogP contribution >= 0.6 is 0 Å². The smallest absolute Gasteiger partial charge is 0.256 e. The monoisotopic (exact) mass is 384 g/mol. The van der Waals surface area contributed by atoms with E-state index in [2.05, 4.69) is 11.8 Å². The van der Waals surface area contributed by atoms with Gasteiger partial charge in [-0.3, -0.25) is 14.4 Å². The summed E-state index contributed by atoms with van der Waals surface area (Å²) < 4.78 is 0. The van der Waals surface area contributed by atoms with Gasteiger partial charge in [0, 0.05) is 32.7 Å². The van der Waals surface area contributed by atoms with E-state index in [1.54, 1.807) is 9.80 Å². The van der Waals surface area contributed by atoms with Gasteiger partial charge in [-0.2, -0.15) is 0 Å². The predicted octanol–water partition coefficient (Wildman–Crippen LogP) is 1.11. The molecule has 0 aliphatic carbocycles. The van der Waals surface area contributed by atoms with Crippen LogP contribution in [0.1, 0.15) is 35.7 Å². The minimum atomic E-state index is -0.454. The van der Waals surface area contributed by atoms with Gasteiger partial charge in [-0.05, 0) is 38.4 Å². The zero-order valence-corrected chi connectivity index (χ0v) is 16.7. The molecular weight excluding hydrogens is 356 g/mol. The van der Waals surface area contributed by atoms with Gasteiger partial charge in [0.25, 0.3) is 5.91 Å². The maximum absolute atomic E-state index is 13.3. The lowest BCUT2D eigenvalue weighted by Gasteiger charge is -2.35. The second kappa shape index (κ2) is 7.54. The van der Waals surface area contributed by atoms with Gasteiger partial charge in [0.1, 0.15) is 12.6 Å². The van der Waals surface area contributed by atoms with Crippen molar-refractivity contribution < 1.29 is 14.4 Å². The summed E-state index contributed by atoms with van der Waals surface area (Å²) in [6.45, 7) is 8.73. The van der Waals surface area contributed by atoms with E-state index < -0.39 is 6.04 Å². The Bertz CT molecular complexity index is 801. The van der Waals surface area contributed by atoms with E-state index in [1.807, 2.05) is 30.0 Å². The summed E-state index contributed by atoms with van der Waals surface area (Å²) in [5.41, 5.74) is 2.07. The van der Waals surface area contributed by atoms with E-state index in [0.717, 1.165) is 31.6 Å². The maximum Gasteiger partial charge on any atom is 0.256 e. The number of likely N-dealkylation sites (N-methyl/N-ethyl adjacent to an activating group) is 1. The number of anilines is 1. The van der Waals surface area contributed by atoms with Gasteiger partial charge >= 0.3 is 0 Å². The van der Waals surface area contributed by atoms with Gasteiger partial charge in [0.05, 0.1) is 11.3 Å². The van der Waals surface area contributed by atoms with E-state index in [9.17, 15) is 14.4 Å². The van der Waals surface area contributed by atoms with Gasteiger partial charge in [-0.1, -0.05) is 18.6 Å². The van der Waals surface area contributed by atoms with Gasteiger partial charge in [0.15, 0.2) is 0 Å². The third-order valence-corrected chi connectivity index (χ3v) is 6.20. The van der Waals surface area contributed by atoms with Crippen LogP contribution in [-0.2, 0) is 9.59 Å². The Labute approximate surface area is 165 Å². The molecule has 1 aromatic carbocycles. The molecule has 1 atom stereocenters. The molecule has 0 saturated carbocycles. The maximum atomic E-state index is 13.3. The summed E-state index contributed by atoms with van der Waals surface area (Å²) in [5, 5.41) is 0. The fourth-order valence-corrected chi connectivity index (χ4v) is 4.49. The van der Waals surface area contributed by atoms with Crippen LogP contribution in [0.2, 0.25) is 0 Å². The van der Waals surface area contributed by atoms with Crippen molar-refractivity contribution in [2.45, 2.75) is 32.7 Å². The Balaban J connectivity index is 1.61. The molecule has 0 radical (unpaired) electrons. The van der Waals surface area contributed by atoms with Gasteiger partial charge < -0.3 is 19.6 Å². The lowest BCUT2D eigenvalue weighted by atomic mass is 10.1. The standard InChI is InChI=1S/C21H28N4O3/c1-3-22-9-11-23(12-10-22)19(26)14-25-17-7-6-15(2)13-16(17)20(27)24-8-4-5-18(24)21(25)28/h6-7,13,18H,3-5,8-12,14H2,1-2H3/t18-/m1/s1. The molecule has 2 fully saturated rings. The number of carbonyl (C=O) groups excluding carboxylic acids is 3. The number of carbonyl (C=O) groups is 3. The second-order valence-electron chi connectivity index (χ2n) is 7.92. The van der Waals surface area contributed by atoms with Crippen molar-refractivity contribution in [1.29, 1.82) is 0 Å². The highest BCUT2D eigenvalue weighted by Crippen LogP contribution is 2.33. The molecule has 1 aromatic rings. The van der Waals surface area contributed by atoms with Crippen molar-refractivity contribution in [2.75, 3.05) is 50.7 Å². The van der Waals surface area contributed by atoms with Crippen LogP contribution in [0.3, 0.4) is 0 Å². The molecule has 3 heterocycles. The quantitative estimate of drug-likeness (QED) is 0.783. The minimum absolute atomic E-state index is 0.00135. The molecule has 0 unspecified atom stereocenters. The highest BCUT2D eigenvalue weighted by Gasteiger charge is 2.42. The fourth-order valence-electron chi connectivity index (χ4n) is 4.49. The Kier molecular flexibility index (Phi) is 5.10. The van der Waals surface area contributed by atoms with Crippen LogP contribution in [0.15, 0.2) is 18.2 Å². The molecule has 4 rings (SSSR count). The summed E-state index contributed by atoms with van der Waals surface area (Å²) in [6.07, 6.45) is 1.49. The predicted molar refractivity (Wildman–Crippen MR) is 106 cm³/mol. The summed E-state index contributed by atoms with van der Waals surface area (Å²) in [7, 11) is 0. The number of hydrogen-bond donors (Lipinski definition) is 0. The van der Waals surface area contributed by atoms with Crippen LogP contribution < -0.4 is 4.90 Å². The van der Waals surface area contributed by atoms with Gasteiger partial charge in [-0.25, -0.2) is 0 Å². The molecule has 3 aliphatic rings. The van der Waals surface area contributed by atoms with Crippen LogP contribution in [0, 0.1) is 6.92 Å². The van der Waals surface area contributed by atoms with Crippen LogP contribution in [-0.4, -0.2) is 84.3 Å². The van der Waals surface area contributed by atoms with Crippen molar-refractivity contribution in [3.8, 4) is 0 Å². The zero-order valence-electron chi connectivity index (χ0n) is 16.7. The summed E-state index contributed by atoms with van der Waals surface area (Å²) in [4.78, 5) is 46.7. The molecule has 7 nitrogen and oxygen atoms in total. The lowest BCUT2D eigenvalue weighted by molar-refractivity contribution is -0.133. The van der Waals surface area contributed by atoms with Crippen molar-refractivity contribution >= 4 is 23.4 Å². The molecule has 28 heavy (non-hydrogen) atoms. The number of aryl methyl sites for hydroxylation is 1. The second-order valence-corrected chi connectivity index (χ2v) is 7.92. The first-order chi connectivity index (χ1) is 13.5. The van der Waals surface area contributed by atoms with E-state index in [-0.39, 0.29) is 24.3 Å². The molecule has 2 saturated heterocycles. The van der Waals surface area contributed by atoms with Crippen molar-refractivity contribution in [2.24, 2.45) is 0 Å². The average molecular weight is 384 g/mol. The topological polar surface area (TPSA) is 64.2 Å². The molecule has 3 aliphatic heterocycles. The third-order valence-electron chi connectivity index (χ3n) is 6.20. The largest absolute Gasteiger partial charge is 0.339 e. The molecule has 3 amide bonds. The summed E-state index contributed by atoms with van der Waals surface area (Å²) in [5.74, 6) is -0.274. The van der Waals surface area contributed by atoms with Gasteiger partial charge in [-0.15, -0.1) is 0 Å². The molecule has 0 bridgehead atoms. The molecular formula is C21H28N4O3. The molecule has 7 heteroatoms. The van der Waals surface area contributed by atoms with Crippen molar-refractivity contribution in [3.05, 3.63) is 29.3 Å². The van der Waals surface area contributed by atoms with E-state index in [1.165, 1.54) is 0 Å². The molecule has 0 N–H and O–H groups in total. The van der Waals surface area contributed by atoms with Crippen molar-refractivity contribution in [3.63, 3.8) is 0 Å². The van der Waals surface area contributed by atoms with Crippen LogP contribution in [0.4, 0.5) is 5.69 Å². The fraction of sp³-hybridized carbons (Fsp3) is 0.571. The highest BCUT2D eigenvalue weighted by atomic mass is 16.2. The number of rotatable bonds is 3. The SMILES string of the molecule is CCN1CCN(C(=O)CN2C(=O)[C@H]3CCCN3C(=O)c3cc(C)ccc32)CC1. The molecule has 0 spiro atoms. The first kappa shape index (κ1) is 18.9. The number of piperazine rings is 1. The number of hydrogen-bond acceptors (Lipinski definition) is 4. The summed E-state index contributed by atoms with van der Waals surface area (Å²) in [6, 6.07) is 5.09. The average Bonchev–Trinajstić information content (AvgIpc) is 3.18. The number of amides is 3. The zero-order chi connectivity index (χ0) is 19.8. The Morgan fingerprint density at radius 3 is 2.57 bits per heavy atom. The molecule has 150 valence electrons. The number of benzene rings is 1. The Morgan fingerprint density at radius 1 is 1.11 bits per heavy atom. The molecule has 0 aromatic heterocycles. The first-order valence-electron chi connectivity index (χ1n) is 10.2. The van der Waals surface area contributed by atoms with Crippen molar-refractivity contribution in [1.82, 2.24) is 14.7 Å². The minimum Gasteiger partial charge on any atom is -0.339 e. The van der Waals surface area contributed by atoms with E-state index >= 15 is 0 Å².